The zero-order chi connectivity index (χ0) is 23.4. The number of phenolic OH excluding ortho intramolecular Hbond substituents is 1. The third-order valence-electron chi connectivity index (χ3n) is 4.78. The predicted molar refractivity (Wildman–Crippen MR) is 119 cm³/mol. The summed E-state index contributed by atoms with van der Waals surface area (Å²) in [5.74, 6) is -8.45. The largest absolute Gasteiger partial charge is 0.507 e. The van der Waals surface area contributed by atoms with Gasteiger partial charge in [0.15, 0.2) is 17.4 Å². The molecule has 0 radical (unpaired) electrons. The number of rotatable bonds is 7. The van der Waals surface area contributed by atoms with E-state index < -0.39 is 34.7 Å². The number of ether oxygens (including phenoxy) is 1. The van der Waals surface area contributed by atoms with E-state index in [2.05, 4.69) is 32.2 Å². The van der Waals surface area contributed by atoms with Crippen molar-refractivity contribution >= 4 is 27.8 Å². The van der Waals surface area contributed by atoms with Crippen molar-refractivity contribution in [3.63, 3.8) is 0 Å². The summed E-state index contributed by atoms with van der Waals surface area (Å²) in [6, 6.07) is 12.5. The molecule has 166 valence electrons. The van der Waals surface area contributed by atoms with Gasteiger partial charge in [-0.1, -0.05) is 65.8 Å². The molecule has 0 aliphatic carbocycles. The molecule has 3 aromatic rings. The molecule has 0 spiro atoms. The zero-order valence-electron chi connectivity index (χ0n) is 16.9. The molecule has 3 rings (SSSR count). The summed E-state index contributed by atoms with van der Waals surface area (Å²) >= 11 is 3.33. The van der Waals surface area contributed by atoms with Gasteiger partial charge in [0.1, 0.15) is 18.0 Å². The molecule has 0 saturated carbocycles. The summed E-state index contributed by atoms with van der Waals surface area (Å²) in [4.78, 5) is 3.58. The van der Waals surface area contributed by atoms with Gasteiger partial charge in [-0.15, -0.1) is 0 Å². The molecule has 0 amide bonds. The number of nitrogens with zero attached hydrogens (tertiary/aromatic N) is 1. The molecule has 0 saturated heterocycles. The molecule has 1 unspecified atom stereocenters. The molecule has 3 nitrogen and oxygen atoms in total. The Morgan fingerprint density at radius 3 is 2.28 bits per heavy atom. The van der Waals surface area contributed by atoms with Crippen LogP contribution in [0.15, 0.2) is 64.6 Å². The second-order valence-electron chi connectivity index (χ2n) is 6.86. The zero-order valence-corrected chi connectivity index (χ0v) is 18.5. The minimum absolute atomic E-state index is 0.101. The Kier molecular flexibility index (Phi) is 7.35. The average Bonchev–Trinajstić information content (AvgIpc) is 2.79. The quantitative estimate of drug-likeness (QED) is 0.159. The minimum atomic E-state index is -1.72. The maximum Gasteiger partial charge on any atom is 0.206 e. The van der Waals surface area contributed by atoms with Crippen molar-refractivity contribution < 1.29 is 27.4 Å². The fourth-order valence-electron chi connectivity index (χ4n) is 3.11. The van der Waals surface area contributed by atoms with Crippen molar-refractivity contribution in [2.24, 2.45) is 4.99 Å². The first-order valence-corrected chi connectivity index (χ1v) is 10.3. The highest BCUT2D eigenvalue weighted by atomic mass is 79.9. The Morgan fingerprint density at radius 2 is 1.69 bits per heavy atom. The number of aromatic hydroxyl groups is 1. The number of hydrogen-bond acceptors (Lipinski definition) is 3. The molecule has 0 bridgehead atoms. The van der Waals surface area contributed by atoms with Crippen LogP contribution in [0.2, 0.25) is 0 Å². The van der Waals surface area contributed by atoms with Crippen LogP contribution in [0.25, 0.3) is 0 Å². The van der Waals surface area contributed by atoms with E-state index in [1.807, 2.05) is 37.3 Å². The molecule has 0 fully saturated rings. The van der Waals surface area contributed by atoms with Crippen LogP contribution in [0.5, 0.6) is 11.5 Å². The molecule has 32 heavy (non-hydrogen) atoms. The molecular formula is C24H18BrF4NO2. The van der Waals surface area contributed by atoms with Gasteiger partial charge in [-0.05, 0) is 17.7 Å². The highest BCUT2D eigenvalue weighted by Crippen LogP contribution is 2.37. The third-order valence-corrected chi connectivity index (χ3v) is 5.24. The van der Waals surface area contributed by atoms with E-state index in [1.165, 1.54) is 12.1 Å². The van der Waals surface area contributed by atoms with Crippen molar-refractivity contribution in [3.8, 4) is 11.5 Å². The average molecular weight is 508 g/mol. The van der Waals surface area contributed by atoms with Gasteiger partial charge in [0, 0.05) is 27.7 Å². The highest BCUT2D eigenvalue weighted by molar-refractivity contribution is 9.10. The van der Waals surface area contributed by atoms with Crippen LogP contribution in [0, 0.1) is 23.3 Å². The minimum Gasteiger partial charge on any atom is -0.507 e. The number of hydrogen-bond donors (Lipinski definition) is 1. The smallest absolute Gasteiger partial charge is 0.206 e. The molecule has 8 heteroatoms. The lowest BCUT2D eigenvalue weighted by atomic mass is 9.91. The van der Waals surface area contributed by atoms with E-state index in [0.717, 1.165) is 11.8 Å². The lowest BCUT2D eigenvalue weighted by Crippen LogP contribution is -2.04. The fourth-order valence-corrected chi connectivity index (χ4v) is 3.60. The second-order valence-corrected chi connectivity index (χ2v) is 7.77. The van der Waals surface area contributed by atoms with Crippen LogP contribution in [0.3, 0.4) is 0 Å². The maximum atomic E-state index is 14.4. The van der Waals surface area contributed by atoms with Crippen LogP contribution in [-0.2, 0) is 0 Å². The van der Waals surface area contributed by atoms with E-state index in [0.29, 0.717) is 10.0 Å². The van der Waals surface area contributed by atoms with E-state index in [9.17, 15) is 22.7 Å². The van der Waals surface area contributed by atoms with Crippen molar-refractivity contribution in [2.75, 3.05) is 6.61 Å². The van der Waals surface area contributed by atoms with Crippen LogP contribution < -0.4 is 4.74 Å². The predicted octanol–water partition coefficient (Wildman–Crippen LogP) is 7.18. The molecule has 1 atom stereocenters. The first-order chi connectivity index (χ1) is 15.3. The Bertz CT molecular complexity index is 1150. The van der Waals surface area contributed by atoms with Gasteiger partial charge >= 0.3 is 0 Å². The van der Waals surface area contributed by atoms with E-state index >= 15 is 0 Å². The van der Waals surface area contributed by atoms with Gasteiger partial charge in [0.2, 0.25) is 11.6 Å². The van der Waals surface area contributed by atoms with Crippen molar-refractivity contribution in [2.45, 2.75) is 12.8 Å². The molecule has 3 aromatic carbocycles. The molecule has 0 aromatic heterocycles. The summed E-state index contributed by atoms with van der Waals surface area (Å²) < 4.78 is 62.3. The van der Waals surface area contributed by atoms with Crippen molar-refractivity contribution in [3.05, 3.63) is 99.6 Å². The lowest BCUT2D eigenvalue weighted by molar-refractivity contribution is 0.303. The van der Waals surface area contributed by atoms with Crippen LogP contribution in [0.1, 0.15) is 29.5 Å². The van der Waals surface area contributed by atoms with Crippen molar-refractivity contribution in [1.29, 1.82) is 0 Å². The van der Waals surface area contributed by atoms with Gasteiger partial charge in [-0.3, -0.25) is 0 Å². The molecule has 0 aliphatic heterocycles. The van der Waals surface area contributed by atoms with Crippen LogP contribution in [-0.4, -0.2) is 17.9 Å². The monoisotopic (exact) mass is 507 g/mol. The third kappa shape index (κ3) is 4.70. The number of phenols is 1. The number of benzene rings is 3. The van der Waals surface area contributed by atoms with Crippen molar-refractivity contribution in [1.82, 2.24) is 0 Å². The molecule has 0 aliphatic rings. The highest BCUT2D eigenvalue weighted by Gasteiger charge is 2.26. The van der Waals surface area contributed by atoms with E-state index in [1.54, 1.807) is 6.07 Å². The number of halogens is 5. The Balaban J connectivity index is 2.04. The Hall–Kier alpha value is -3.13. The Labute approximate surface area is 190 Å². The summed E-state index contributed by atoms with van der Waals surface area (Å²) in [6.45, 7) is 4.84. The van der Waals surface area contributed by atoms with Gasteiger partial charge in [-0.2, -0.15) is 8.78 Å². The summed E-state index contributed by atoms with van der Waals surface area (Å²) in [7, 11) is 0. The Morgan fingerprint density at radius 1 is 1.06 bits per heavy atom. The van der Waals surface area contributed by atoms with Gasteiger partial charge in [0.25, 0.3) is 0 Å². The van der Waals surface area contributed by atoms with Gasteiger partial charge < -0.3 is 9.84 Å². The maximum absolute atomic E-state index is 14.4. The standard InChI is InChI=1S/C24H18BrF4NO2/c1-3-9-32-24-20(28)18(26)22(19(27)21(24)29)30-12-15-10-16(25)11-17(23(15)31)13(2)14-7-5-4-6-8-14/h3-8,10-13,31H,1,9H2,2H3. The number of aliphatic imine (C=N–C) groups is 1. The lowest BCUT2D eigenvalue weighted by Gasteiger charge is -2.16. The van der Waals surface area contributed by atoms with Gasteiger partial charge in [-0.25, -0.2) is 13.8 Å². The van der Waals surface area contributed by atoms with E-state index in [-0.39, 0.29) is 23.8 Å². The first kappa shape index (κ1) is 23.5. The topological polar surface area (TPSA) is 41.8 Å². The summed E-state index contributed by atoms with van der Waals surface area (Å²) in [5.41, 5.74) is 0.380. The van der Waals surface area contributed by atoms with E-state index in [4.69, 9.17) is 0 Å². The molecule has 0 heterocycles. The first-order valence-electron chi connectivity index (χ1n) is 9.47. The molecule has 1 N–H and O–H groups in total. The fraction of sp³-hybridized carbons (Fsp3) is 0.125. The second kappa shape index (κ2) is 9.99. The SMILES string of the molecule is C=CCOc1c(F)c(F)c(N=Cc2cc(Br)cc(C(C)c3ccccc3)c2O)c(F)c1F. The summed E-state index contributed by atoms with van der Waals surface area (Å²) in [5, 5.41) is 10.7. The van der Waals surface area contributed by atoms with Crippen LogP contribution >= 0.6 is 15.9 Å². The molecular weight excluding hydrogens is 490 g/mol. The normalized spacial score (nSPS) is 12.2. The summed E-state index contributed by atoms with van der Waals surface area (Å²) in [6.07, 6.45) is 2.11. The van der Waals surface area contributed by atoms with Gasteiger partial charge in [0.05, 0.1) is 0 Å². The van der Waals surface area contributed by atoms with Crippen LogP contribution in [0.4, 0.5) is 23.2 Å².